The predicted molar refractivity (Wildman–Crippen MR) is 120 cm³/mol. The van der Waals surface area contributed by atoms with E-state index in [9.17, 15) is 9.59 Å². The van der Waals surface area contributed by atoms with Crippen LogP contribution in [-0.2, 0) is 10.5 Å². The van der Waals surface area contributed by atoms with Crippen LogP contribution in [0, 0.1) is 17.8 Å². The lowest BCUT2D eigenvalue weighted by molar-refractivity contribution is -0.127. The van der Waals surface area contributed by atoms with Crippen LogP contribution in [-0.4, -0.2) is 16.8 Å². The van der Waals surface area contributed by atoms with Crippen LogP contribution in [0.4, 0.5) is 0 Å². The van der Waals surface area contributed by atoms with Crippen LogP contribution < -0.4 is 10.9 Å². The van der Waals surface area contributed by atoms with Crippen molar-refractivity contribution in [1.29, 1.82) is 0 Å². The highest BCUT2D eigenvalue weighted by Crippen LogP contribution is 2.48. The monoisotopic (exact) mass is 437 g/mol. The molecule has 0 radical (unpaired) electrons. The normalized spacial score (nSPS) is 22.3. The number of rotatable bonds is 5. The van der Waals surface area contributed by atoms with Gasteiger partial charge in [-0.3, -0.25) is 20.4 Å². The fourth-order valence-corrected chi connectivity index (χ4v) is 6.68. The highest BCUT2D eigenvalue weighted by molar-refractivity contribution is 8.00. The van der Waals surface area contributed by atoms with E-state index in [1.807, 2.05) is 30.3 Å². The lowest BCUT2D eigenvalue weighted by Gasteiger charge is -2.20. The summed E-state index contributed by atoms with van der Waals surface area (Å²) in [6, 6.07) is 15.6. The Morgan fingerprint density at radius 1 is 1.03 bits per heavy atom. The number of hydrazine groups is 1. The minimum absolute atomic E-state index is 0.0422. The number of benzene rings is 2. The SMILES string of the molecule is O=C(NNC(=O)C1CC2CCC1C2)c1ccc(CSc2nc3ccccc3s2)cc1. The zero-order valence-electron chi connectivity index (χ0n) is 16.5. The van der Waals surface area contributed by atoms with E-state index in [-0.39, 0.29) is 17.7 Å². The minimum atomic E-state index is -0.281. The Kier molecular flexibility index (Phi) is 5.48. The fraction of sp³-hybridized carbons (Fsp3) is 0.348. The van der Waals surface area contributed by atoms with Crippen LogP contribution in [0.3, 0.4) is 0 Å². The number of hydrogen-bond donors (Lipinski definition) is 2. The topological polar surface area (TPSA) is 71.1 Å². The molecule has 30 heavy (non-hydrogen) atoms. The van der Waals surface area contributed by atoms with Crippen LogP contribution in [0.15, 0.2) is 52.9 Å². The number of nitrogens with one attached hydrogen (secondary N) is 2. The molecule has 5 nitrogen and oxygen atoms in total. The van der Waals surface area contributed by atoms with E-state index >= 15 is 0 Å². The van der Waals surface area contributed by atoms with E-state index in [0.717, 1.165) is 34.0 Å². The summed E-state index contributed by atoms with van der Waals surface area (Å²) >= 11 is 3.39. The van der Waals surface area contributed by atoms with Gasteiger partial charge in [-0.2, -0.15) is 0 Å². The summed E-state index contributed by atoms with van der Waals surface area (Å²) in [5.74, 6) is 1.74. The van der Waals surface area contributed by atoms with Gasteiger partial charge in [0.1, 0.15) is 0 Å². The molecule has 1 heterocycles. The van der Waals surface area contributed by atoms with Gasteiger partial charge in [-0.15, -0.1) is 11.3 Å². The third kappa shape index (κ3) is 4.09. The van der Waals surface area contributed by atoms with Crippen molar-refractivity contribution < 1.29 is 9.59 Å². The van der Waals surface area contributed by atoms with Crippen molar-refractivity contribution in [2.24, 2.45) is 17.8 Å². The first-order chi connectivity index (χ1) is 14.7. The molecule has 2 saturated carbocycles. The molecule has 2 aromatic carbocycles. The summed E-state index contributed by atoms with van der Waals surface area (Å²) in [7, 11) is 0. The van der Waals surface area contributed by atoms with Crippen molar-refractivity contribution in [2.45, 2.75) is 35.8 Å². The first-order valence-electron chi connectivity index (χ1n) is 10.3. The van der Waals surface area contributed by atoms with E-state index in [1.54, 1.807) is 35.2 Å². The number of thioether (sulfide) groups is 1. The van der Waals surface area contributed by atoms with Crippen molar-refractivity contribution >= 4 is 45.1 Å². The molecular formula is C23H23N3O2S2. The van der Waals surface area contributed by atoms with Gasteiger partial charge in [-0.25, -0.2) is 4.98 Å². The number of fused-ring (bicyclic) bond motifs is 3. The fourth-order valence-electron chi connectivity index (χ4n) is 4.66. The average Bonchev–Trinajstić information content (AvgIpc) is 3.51. The van der Waals surface area contributed by atoms with Crippen LogP contribution in [0.1, 0.15) is 41.6 Å². The second-order valence-electron chi connectivity index (χ2n) is 8.16. The molecule has 2 amide bonds. The molecule has 2 aliphatic rings. The largest absolute Gasteiger partial charge is 0.273 e. The maximum absolute atomic E-state index is 12.4. The van der Waals surface area contributed by atoms with Gasteiger partial charge in [-0.05, 0) is 60.9 Å². The summed E-state index contributed by atoms with van der Waals surface area (Å²) in [5.41, 5.74) is 7.90. The highest BCUT2D eigenvalue weighted by atomic mass is 32.2. The molecular weight excluding hydrogens is 414 g/mol. The molecule has 0 spiro atoms. The molecule has 3 atom stereocenters. The maximum atomic E-state index is 12.4. The van der Waals surface area contributed by atoms with Gasteiger partial charge in [-0.1, -0.05) is 42.4 Å². The van der Waals surface area contributed by atoms with Gasteiger partial charge >= 0.3 is 0 Å². The number of carbonyl (C=O) groups excluding carboxylic acids is 2. The van der Waals surface area contributed by atoms with Gasteiger partial charge < -0.3 is 0 Å². The zero-order valence-corrected chi connectivity index (χ0v) is 18.1. The van der Waals surface area contributed by atoms with Crippen LogP contribution in [0.5, 0.6) is 0 Å². The third-order valence-corrected chi connectivity index (χ3v) is 8.48. The number of carbonyl (C=O) groups is 2. The Labute approximate surface area is 183 Å². The minimum Gasteiger partial charge on any atom is -0.273 e. The standard InChI is InChI=1S/C23H23N3O2S2/c27-21(25-26-22(28)18-12-15-7-10-17(18)11-15)16-8-5-14(6-9-16)13-29-23-24-19-3-1-2-4-20(19)30-23/h1-6,8-9,15,17-18H,7,10-13H2,(H,25,27)(H,26,28). The highest BCUT2D eigenvalue weighted by Gasteiger charge is 2.43. The van der Waals surface area contributed by atoms with Crippen LogP contribution >= 0.6 is 23.1 Å². The van der Waals surface area contributed by atoms with E-state index < -0.39 is 0 Å². The number of amides is 2. The van der Waals surface area contributed by atoms with E-state index in [0.29, 0.717) is 17.4 Å². The number of thiazole rings is 1. The Hall–Kier alpha value is -2.38. The van der Waals surface area contributed by atoms with Gasteiger partial charge in [0.15, 0.2) is 4.34 Å². The molecule has 3 unspecified atom stereocenters. The molecule has 0 saturated heterocycles. The summed E-state index contributed by atoms with van der Waals surface area (Å²) in [6.07, 6.45) is 4.54. The van der Waals surface area contributed by atoms with Crippen molar-refractivity contribution in [1.82, 2.24) is 15.8 Å². The quantitative estimate of drug-likeness (QED) is 0.445. The Balaban J connectivity index is 1.12. The summed E-state index contributed by atoms with van der Waals surface area (Å²) < 4.78 is 2.24. The zero-order chi connectivity index (χ0) is 20.5. The van der Waals surface area contributed by atoms with Crippen molar-refractivity contribution in [2.75, 3.05) is 0 Å². The number of para-hydroxylation sites is 1. The Morgan fingerprint density at radius 3 is 2.60 bits per heavy atom. The van der Waals surface area contributed by atoms with Gasteiger partial charge in [0.2, 0.25) is 5.91 Å². The van der Waals surface area contributed by atoms with Crippen molar-refractivity contribution in [3.05, 3.63) is 59.7 Å². The number of hydrogen-bond acceptors (Lipinski definition) is 5. The van der Waals surface area contributed by atoms with Gasteiger partial charge in [0.25, 0.3) is 5.91 Å². The third-order valence-electron chi connectivity index (χ3n) is 6.23. The molecule has 7 heteroatoms. The average molecular weight is 438 g/mol. The summed E-state index contributed by atoms with van der Waals surface area (Å²) in [6.45, 7) is 0. The molecule has 5 rings (SSSR count). The second-order valence-corrected chi connectivity index (χ2v) is 10.4. The number of nitrogens with zero attached hydrogens (tertiary/aromatic N) is 1. The molecule has 2 aliphatic carbocycles. The van der Waals surface area contributed by atoms with Gasteiger partial charge in [0, 0.05) is 17.2 Å². The predicted octanol–water partition coefficient (Wildman–Crippen LogP) is 4.79. The molecule has 0 aliphatic heterocycles. The first kappa shape index (κ1) is 19.6. The van der Waals surface area contributed by atoms with E-state index in [4.69, 9.17) is 0 Å². The van der Waals surface area contributed by atoms with E-state index in [1.165, 1.54) is 17.5 Å². The molecule has 154 valence electrons. The maximum Gasteiger partial charge on any atom is 0.269 e. The second kappa shape index (κ2) is 8.40. The van der Waals surface area contributed by atoms with Crippen molar-refractivity contribution in [3.8, 4) is 0 Å². The lowest BCUT2D eigenvalue weighted by Crippen LogP contribution is -2.45. The smallest absolute Gasteiger partial charge is 0.269 e. The summed E-state index contributed by atoms with van der Waals surface area (Å²) in [4.78, 5) is 29.4. The number of aromatic nitrogens is 1. The summed E-state index contributed by atoms with van der Waals surface area (Å²) in [5, 5.41) is 0. The Bertz CT molecular complexity index is 1050. The molecule has 2 bridgehead atoms. The van der Waals surface area contributed by atoms with Gasteiger partial charge in [0.05, 0.1) is 10.2 Å². The molecule has 3 aromatic rings. The molecule has 2 N–H and O–H groups in total. The van der Waals surface area contributed by atoms with Crippen molar-refractivity contribution in [3.63, 3.8) is 0 Å². The van der Waals surface area contributed by atoms with E-state index in [2.05, 4.69) is 21.9 Å². The van der Waals surface area contributed by atoms with Crippen LogP contribution in [0.25, 0.3) is 10.2 Å². The first-order valence-corrected chi connectivity index (χ1v) is 12.1. The Morgan fingerprint density at radius 2 is 1.87 bits per heavy atom. The molecule has 2 fully saturated rings. The van der Waals surface area contributed by atoms with Crippen LogP contribution in [0.2, 0.25) is 0 Å². The molecule has 1 aromatic heterocycles. The lowest BCUT2D eigenvalue weighted by atomic mass is 9.88.